The Morgan fingerprint density at radius 3 is 2.84 bits per heavy atom. The second-order valence-corrected chi connectivity index (χ2v) is 4.59. The van der Waals surface area contributed by atoms with Crippen molar-refractivity contribution in [1.29, 1.82) is 0 Å². The molecule has 19 heavy (non-hydrogen) atoms. The molecule has 1 fully saturated rings. The molecular weight excluding hydrogens is 248 g/mol. The first kappa shape index (κ1) is 14.0. The summed E-state index contributed by atoms with van der Waals surface area (Å²) in [5, 5.41) is 9.56. The van der Waals surface area contributed by atoms with E-state index in [0.29, 0.717) is 6.61 Å². The van der Waals surface area contributed by atoms with Crippen molar-refractivity contribution in [3.05, 3.63) is 35.9 Å². The molecule has 104 valence electrons. The second kappa shape index (κ2) is 6.65. The van der Waals surface area contributed by atoms with Gasteiger partial charge in [0.15, 0.2) is 6.10 Å². The van der Waals surface area contributed by atoms with Crippen LogP contribution in [0.5, 0.6) is 0 Å². The van der Waals surface area contributed by atoms with Crippen LogP contribution in [0.2, 0.25) is 0 Å². The number of esters is 1. The van der Waals surface area contributed by atoms with Gasteiger partial charge in [-0.15, -0.1) is 0 Å². The summed E-state index contributed by atoms with van der Waals surface area (Å²) in [6, 6.07) is 9.76. The Hall–Kier alpha value is -1.43. The van der Waals surface area contributed by atoms with Gasteiger partial charge in [0.25, 0.3) is 0 Å². The highest BCUT2D eigenvalue weighted by molar-refractivity contribution is 5.75. The van der Waals surface area contributed by atoms with E-state index in [0.717, 1.165) is 5.56 Å². The first-order valence-electron chi connectivity index (χ1n) is 6.26. The lowest BCUT2D eigenvalue weighted by Gasteiger charge is -2.31. The Labute approximate surface area is 112 Å². The predicted octanol–water partition coefficient (Wildman–Crippen LogP) is 1.10. The van der Waals surface area contributed by atoms with Crippen LogP contribution in [0.25, 0.3) is 0 Å². The van der Waals surface area contributed by atoms with Crippen LogP contribution in [0.15, 0.2) is 30.3 Å². The second-order valence-electron chi connectivity index (χ2n) is 4.59. The molecule has 0 bridgehead atoms. The van der Waals surface area contributed by atoms with Gasteiger partial charge < -0.3 is 19.3 Å². The normalized spacial score (nSPS) is 27.1. The minimum atomic E-state index is -1.12. The molecule has 0 radical (unpaired) electrons. The molecule has 5 heteroatoms. The lowest BCUT2D eigenvalue weighted by atomic mass is 9.96. The van der Waals surface area contributed by atoms with Crippen LogP contribution in [0.4, 0.5) is 0 Å². The monoisotopic (exact) mass is 266 g/mol. The number of cyclic esters (lactones) is 1. The van der Waals surface area contributed by atoms with E-state index in [-0.39, 0.29) is 25.4 Å². The van der Waals surface area contributed by atoms with E-state index in [1.54, 1.807) is 6.92 Å². The van der Waals surface area contributed by atoms with E-state index in [9.17, 15) is 9.90 Å². The van der Waals surface area contributed by atoms with Crippen molar-refractivity contribution in [1.82, 2.24) is 0 Å². The SMILES string of the molecule is C[C@H]1[C@H](O)C(=O)OC[C@H]1OCOCc1ccccc1. The van der Waals surface area contributed by atoms with E-state index >= 15 is 0 Å². The summed E-state index contributed by atoms with van der Waals surface area (Å²) in [6.45, 7) is 2.48. The van der Waals surface area contributed by atoms with Gasteiger partial charge in [-0.25, -0.2) is 4.79 Å². The smallest absolute Gasteiger partial charge is 0.335 e. The summed E-state index contributed by atoms with van der Waals surface area (Å²) in [5.41, 5.74) is 1.06. The van der Waals surface area contributed by atoms with E-state index in [2.05, 4.69) is 0 Å². The van der Waals surface area contributed by atoms with Crippen molar-refractivity contribution >= 4 is 5.97 Å². The molecule has 0 aromatic heterocycles. The standard InChI is InChI=1S/C14H18O5/c1-10-12(8-18-14(16)13(10)15)19-9-17-7-11-5-3-2-4-6-11/h2-6,10,12-13,15H,7-9H2,1H3/t10-,12-,13+/m1/s1. The number of carbonyl (C=O) groups is 1. The van der Waals surface area contributed by atoms with Crippen LogP contribution in [0.1, 0.15) is 12.5 Å². The zero-order chi connectivity index (χ0) is 13.7. The topological polar surface area (TPSA) is 65.0 Å². The molecule has 1 aromatic rings. The van der Waals surface area contributed by atoms with Gasteiger partial charge in [-0.2, -0.15) is 0 Å². The average molecular weight is 266 g/mol. The molecule has 0 aliphatic carbocycles. The minimum Gasteiger partial charge on any atom is -0.461 e. The largest absolute Gasteiger partial charge is 0.461 e. The summed E-state index contributed by atoms with van der Waals surface area (Å²) in [5.74, 6) is -0.876. The summed E-state index contributed by atoms with van der Waals surface area (Å²) in [4.78, 5) is 11.1. The molecule has 0 spiro atoms. The van der Waals surface area contributed by atoms with Gasteiger partial charge in [0.05, 0.1) is 6.61 Å². The van der Waals surface area contributed by atoms with Crippen LogP contribution in [-0.2, 0) is 25.6 Å². The summed E-state index contributed by atoms with van der Waals surface area (Å²) < 4.78 is 15.7. The first-order valence-corrected chi connectivity index (χ1v) is 6.26. The number of hydrogen-bond donors (Lipinski definition) is 1. The number of benzene rings is 1. The van der Waals surface area contributed by atoms with Gasteiger partial charge in [0.1, 0.15) is 19.5 Å². The zero-order valence-corrected chi connectivity index (χ0v) is 10.8. The summed E-state index contributed by atoms with van der Waals surface area (Å²) >= 11 is 0. The highest BCUT2D eigenvalue weighted by Gasteiger charge is 2.36. The van der Waals surface area contributed by atoms with Crippen molar-refractivity contribution < 1.29 is 24.1 Å². The molecule has 5 nitrogen and oxygen atoms in total. The molecule has 0 saturated carbocycles. The zero-order valence-electron chi connectivity index (χ0n) is 10.8. The molecule has 2 rings (SSSR count). The molecule has 1 heterocycles. The van der Waals surface area contributed by atoms with Crippen LogP contribution in [0.3, 0.4) is 0 Å². The highest BCUT2D eigenvalue weighted by atomic mass is 16.7. The summed E-state index contributed by atoms with van der Waals surface area (Å²) in [6.07, 6.45) is -1.45. The van der Waals surface area contributed by atoms with E-state index < -0.39 is 12.1 Å². The minimum absolute atomic E-state index is 0.105. The Bertz CT molecular complexity index is 406. The third-order valence-electron chi connectivity index (χ3n) is 3.19. The first-order chi connectivity index (χ1) is 9.18. The lowest BCUT2D eigenvalue weighted by Crippen LogP contribution is -2.46. The predicted molar refractivity (Wildman–Crippen MR) is 67.1 cm³/mol. The fourth-order valence-electron chi connectivity index (χ4n) is 1.89. The maximum Gasteiger partial charge on any atom is 0.335 e. The Balaban J connectivity index is 1.70. The van der Waals surface area contributed by atoms with Gasteiger partial charge >= 0.3 is 5.97 Å². The lowest BCUT2D eigenvalue weighted by molar-refractivity contribution is -0.193. The number of rotatable bonds is 5. The average Bonchev–Trinajstić information content (AvgIpc) is 2.44. The van der Waals surface area contributed by atoms with E-state index in [1.807, 2.05) is 30.3 Å². The molecule has 0 amide bonds. The highest BCUT2D eigenvalue weighted by Crippen LogP contribution is 2.19. The third-order valence-corrected chi connectivity index (χ3v) is 3.19. The van der Waals surface area contributed by atoms with Gasteiger partial charge in [0.2, 0.25) is 0 Å². The van der Waals surface area contributed by atoms with Crippen molar-refractivity contribution in [2.75, 3.05) is 13.4 Å². The number of aliphatic hydroxyl groups is 1. The van der Waals surface area contributed by atoms with Gasteiger partial charge in [-0.3, -0.25) is 0 Å². The number of carbonyl (C=O) groups excluding carboxylic acids is 1. The van der Waals surface area contributed by atoms with Crippen molar-refractivity contribution in [3.63, 3.8) is 0 Å². The number of hydrogen-bond acceptors (Lipinski definition) is 5. The number of ether oxygens (including phenoxy) is 3. The van der Waals surface area contributed by atoms with Crippen molar-refractivity contribution in [2.45, 2.75) is 25.7 Å². The quantitative estimate of drug-likeness (QED) is 0.491. The van der Waals surface area contributed by atoms with Crippen LogP contribution < -0.4 is 0 Å². The Morgan fingerprint density at radius 1 is 1.37 bits per heavy atom. The van der Waals surface area contributed by atoms with Crippen LogP contribution in [0, 0.1) is 5.92 Å². The third kappa shape index (κ3) is 3.76. The van der Waals surface area contributed by atoms with Crippen molar-refractivity contribution in [3.8, 4) is 0 Å². The van der Waals surface area contributed by atoms with Gasteiger partial charge in [-0.1, -0.05) is 37.3 Å². The van der Waals surface area contributed by atoms with Crippen LogP contribution in [-0.4, -0.2) is 36.7 Å². The molecule has 1 N–H and O–H groups in total. The fraction of sp³-hybridized carbons (Fsp3) is 0.500. The van der Waals surface area contributed by atoms with Gasteiger partial charge in [0, 0.05) is 5.92 Å². The summed E-state index contributed by atoms with van der Waals surface area (Å²) in [7, 11) is 0. The van der Waals surface area contributed by atoms with Gasteiger partial charge in [-0.05, 0) is 5.56 Å². The number of aliphatic hydroxyl groups excluding tert-OH is 1. The van der Waals surface area contributed by atoms with E-state index in [4.69, 9.17) is 14.2 Å². The fourth-order valence-corrected chi connectivity index (χ4v) is 1.89. The molecule has 1 saturated heterocycles. The maximum atomic E-state index is 11.1. The molecule has 0 unspecified atom stereocenters. The molecule has 3 atom stereocenters. The molecule has 1 aromatic carbocycles. The molecule has 1 aliphatic heterocycles. The van der Waals surface area contributed by atoms with Crippen LogP contribution >= 0.6 is 0 Å². The Kier molecular flexibility index (Phi) is 4.90. The van der Waals surface area contributed by atoms with Crippen molar-refractivity contribution in [2.24, 2.45) is 5.92 Å². The molecular formula is C14H18O5. The Morgan fingerprint density at radius 2 is 2.11 bits per heavy atom. The maximum absolute atomic E-state index is 11.1. The molecule has 1 aliphatic rings. The van der Waals surface area contributed by atoms with E-state index in [1.165, 1.54) is 0 Å².